The molecule has 0 N–H and O–H groups in total. The van der Waals surface area contributed by atoms with E-state index in [1.165, 1.54) is 12.3 Å². The fourth-order valence-electron chi connectivity index (χ4n) is 4.47. The number of halogens is 3. The first kappa shape index (κ1) is 19.7. The summed E-state index contributed by atoms with van der Waals surface area (Å²) >= 11 is 0. The van der Waals surface area contributed by atoms with Crippen molar-refractivity contribution in [1.29, 1.82) is 0 Å². The van der Waals surface area contributed by atoms with Gasteiger partial charge in [0.05, 0.1) is 23.7 Å². The molecule has 2 atom stereocenters. The molecule has 0 bridgehead atoms. The van der Waals surface area contributed by atoms with Gasteiger partial charge < -0.3 is 9.80 Å². The van der Waals surface area contributed by atoms with Crippen molar-refractivity contribution >= 4 is 11.7 Å². The summed E-state index contributed by atoms with van der Waals surface area (Å²) in [5, 5.41) is 4.21. The van der Waals surface area contributed by atoms with Gasteiger partial charge in [-0.3, -0.25) is 9.48 Å². The van der Waals surface area contributed by atoms with Crippen molar-refractivity contribution in [3.05, 3.63) is 41.9 Å². The van der Waals surface area contributed by atoms with Gasteiger partial charge in [0.15, 0.2) is 0 Å². The second kappa shape index (κ2) is 7.68. The van der Waals surface area contributed by atoms with Crippen LogP contribution in [-0.4, -0.2) is 45.2 Å². The van der Waals surface area contributed by atoms with E-state index >= 15 is 0 Å². The number of likely N-dealkylation sites (tertiary alicyclic amines) is 1. The predicted molar refractivity (Wildman–Crippen MR) is 101 cm³/mol. The van der Waals surface area contributed by atoms with E-state index < -0.39 is 11.7 Å². The minimum atomic E-state index is -4.47. The number of hydrogen-bond acceptors (Lipinski definition) is 4. The second-order valence-electron chi connectivity index (χ2n) is 7.79. The zero-order chi connectivity index (χ0) is 20.6. The van der Waals surface area contributed by atoms with E-state index in [2.05, 4.69) is 10.1 Å². The van der Waals surface area contributed by atoms with Crippen molar-refractivity contribution in [2.75, 3.05) is 24.5 Å². The molecule has 6 nitrogen and oxygen atoms in total. The Hall–Kier alpha value is -2.58. The highest BCUT2D eigenvalue weighted by molar-refractivity contribution is 5.80. The van der Waals surface area contributed by atoms with Gasteiger partial charge in [0.1, 0.15) is 5.82 Å². The zero-order valence-corrected chi connectivity index (χ0v) is 16.3. The molecule has 0 radical (unpaired) electrons. The number of alkyl halides is 3. The summed E-state index contributed by atoms with van der Waals surface area (Å²) in [4.78, 5) is 20.8. The summed E-state index contributed by atoms with van der Waals surface area (Å²) in [5.41, 5.74) is 0.262. The SMILES string of the molecule is Cn1cc(C2CCCN2C(=O)C2CCCN(c3ncccc3C(F)(F)F)C2)cn1. The summed E-state index contributed by atoms with van der Waals surface area (Å²) in [6.45, 7) is 1.40. The number of rotatable bonds is 3. The van der Waals surface area contributed by atoms with Crippen LogP contribution < -0.4 is 4.90 Å². The van der Waals surface area contributed by atoms with Crippen molar-refractivity contribution < 1.29 is 18.0 Å². The zero-order valence-electron chi connectivity index (χ0n) is 16.3. The smallest absolute Gasteiger partial charge is 0.355 e. The van der Waals surface area contributed by atoms with Gasteiger partial charge in [0, 0.05) is 44.6 Å². The molecule has 2 aromatic rings. The van der Waals surface area contributed by atoms with Gasteiger partial charge in [0.2, 0.25) is 5.91 Å². The van der Waals surface area contributed by atoms with Gasteiger partial charge in [-0.1, -0.05) is 0 Å². The lowest BCUT2D eigenvalue weighted by Gasteiger charge is -2.36. The van der Waals surface area contributed by atoms with Crippen LogP contribution in [-0.2, 0) is 18.0 Å². The number of nitrogens with zero attached hydrogens (tertiary/aromatic N) is 5. The van der Waals surface area contributed by atoms with E-state index in [1.54, 1.807) is 15.8 Å². The van der Waals surface area contributed by atoms with Gasteiger partial charge in [-0.2, -0.15) is 18.3 Å². The maximum Gasteiger partial charge on any atom is 0.419 e. The molecule has 2 unspecified atom stereocenters. The fraction of sp³-hybridized carbons (Fsp3) is 0.550. The molecule has 2 fully saturated rings. The molecular weight excluding hydrogens is 383 g/mol. The summed E-state index contributed by atoms with van der Waals surface area (Å²) in [6.07, 6.45) is 3.75. The molecule has 4 heterocycles. The average molecular weight is 407 g/mol. The molecule has 2 aliphatic rings. The number of anilines is 1. The molecular formula is C20H24F3N5O. The van der Waals surface area contributed by atoms with Gasteiger partial charge in [-0.05, 0) is 37.8 Å². The van der Waals surface area contributed by atoms with Crippen molar-refractivity contribution in [3.63, 3.8) is 0 Å². The van der Waals surface area contributed by atoms with Crippen LogP contribution in [0, 0.1) is 5.92 Å². The van der Waals surface area contributed by atoms with Crippen LogP contribution in [0.3, 0.4) is 0 Å². The molecule has 9 heteroatoms. The Bertz CT molecular complexity index is 881. The standard InChI is InChI=1S/C20H24F3N5O/c1-26-12-15(11-25-26)17-7-4-10-28(17)19(29)14-5-3-9-27(13-14)18-16(20(21,22)23)6-2-8-24-18/h2,6,8,11-12,14,17H,3-5,7,9-10,13H2,1H3. The first-order chi connectivity index (χ1) is 13.8. The fourth-order valence-corrected chi connectivity index (χ4v) is 4.47. The van der Waals surface area contributed by atoms with Crippen LogP contribution in [0.1, 0.15) is 42.9 Å². The lowest BCUT2D eigenvalue weighted by atomic mass is 9.95. The Morgan fingerprint density at radius 2 is 2.00 bits per heavy atom. The largest absolute Gasteiger partial charge is 0.419 e. The molecule has 1 amide bonds. The Kier molecular flexibility index (Phi) is 5.23. The Labute approximate surface area is 167 Å². The number of piperidine rings is 1. The third-order valence-electron chi connectivity index (χ3n) is 5.81. The van der Waals surface area contributed by atoms with Gasteiger partial charge in [0.25, 0.3) is 0 Å². The molecule has 0 aliphatic carbocycles. The average Bonchev–Trinajstić information content (AvgIpc) is 3.35. The lowest BCUT2D eigenvalue weighted by molar-refractivity contribution is -0.137. The van der Waals surface area contributed by atoms with Gasteiger partial charge in [-0.25, -0.2) is 4.98 Å². The Morgan fingerprint density at radius 3 is 2.72 bits per heavy atom. The van der Waals surface area contributed by atoms with Crippen molar-refractivity contribution in [3.8, 4) is 0 Å². The third-order valence-corrected chi connectivity index (χ3v) is 5.81. The van der Waals surface area contributed by atoms with Crippen LogP contribution in [0.2, 0.25) is 0 Å². The number of carbonyl (C=O) groups excluding carboxylic acids is 1. The van der Waals surface area contributed by atoms with Gasteiger partial charge in [-0.15, -0.1) is 0 Å². The first-order valence-corrected chi connectivity index (χ1v) is 9.91. The number of pyridine rings is 1. The molecule has 29 heavy (non-hydrogen) atoms. The third kappa shape index (κ3) is 3.95. The highest BCUT2D eigenvalue weighted by Crippen LogP contribution is 2.38. The molecule has 156 valence electrons. The first-order valence-electron chi connectivity index (χ1n) is 9.91. The van der Waals surface area contributed by atoms with E-state index in [0.29, 0.717) is 25.9 Å². The molecule has 0 spiro atoms. The minimum absolute atomic E-state index is 0.00726. The van der Waals surface area contributed by atoms with Gasteiger partial charge >= 0.3 is 6.18 Å². The molecule has 2 saturated heterocycles. The number of aryl methyl sites for hydroxylation is 1. The van der Waals surface area contributed by atoms with Crippen molar-refractivity contribution in [2.45, 2.75) is 37.9 Å². The number of amides is 1. The number of aromatic nitrogens is 3. The quantitative estimate of drug-likeness (QED) is 0.783. The summed E-state index contributed by atoms with van der Waals surface area (Å²) in [6, 6.07) is 2.33. The monoisotopic (exact) mass is 407 g/mol. The predicted octanol–water partition coefficient (Wildman–Crippen LogP) is 3.41. The Balaban J connectivity index is 1.52. The van der Waals surface area contributed by atoms with Crippen molar-refractivity contribution in [2.24, 2.45) is 13.0 Å². The van der Waals surface area contributed by atoms with Crippen LogP contribution in [0.25, 0.3) is 0 Å². The highest BCUT2D eigenvalue weighted by Gasteiger charge is 2.39. The summed E-state index contributed by atoms with van der Waals surface area (Å²) in [7, 11) is 1.84. The van der Waals surface area contributed by atoms with E-state index in [1.807, 2.05) is 18.1 Å². The topological polar surface area (TPSA) is 54.3 Å². The van der Waals surface area contributed by atoms with Crippen LogP contribution >= 0.6 is 0 Å². The van der Waals surface area contributed by atoms with E-state index in [9.17, 15) is 18.0 Å². The number of hydrogen-bond donors (Lipinski definition) is 0. The minimum Gasteiger partial charge on any atom is -0.355 e. The van der Waals surface area contributed by atoms with Crippen LogP contribution in [0.5, 0.6) is 0 Å². The lowest BCUT2D eigenvalue weighted by Crippen LogP contribution is -2.45. The Morgan fingerprint density at radius 1 is 1.21 bits per heavy atom. The second-order valence-corrected chi connectivity index (χ2v) is 7.79. The van der Waals surface area contributed by atoms with Crippen molar-refractivity contribution in [1.82, 2.24) is 19.7 Å². The maximum absolute atomic E-state index is 13.4. The maximum atomic E-state index is 13.4. The normalized spacial score (nSPS) is 22.9. The molecule has 2 aliphatic heterocycles. The van der Waals surface area contributed by atoms with E-state index in [4.69, 9.17) is 0 Å². The molecule has 2 aromatic heterocycles. The van der Waals surface area contributed by atoms with E-state index in [-0.39, 0.29) is 30.2 Å². The van der Waals surface area contributed by atoms with Crippen LogP contribution in [0.15, 0.2) is 30.7 Å². The molecule has 0 aromatic carbocycles. The summed E-state index contributed by atoms with van der Waals surface area (Å²) in [5.74, 6) is -0.391. The molecule has 4 rings (SSSR count). The van der Waals surface area contributed by atoms with E-state index in [0.717, 1.165) is 24.5 Å². The highest BCUT2D eigenvalue weighted by atomic mass is 19.4. The summed E-state index contributed by atoms with van der Waals surface area (Å²) < 4.78 is 41.9. The number of carbonyl (C=O) groups is 1. The van der Waals surface area contributed by atoms with Crippen LogP contribution in [0.4, 0.5) is 19.0 Å². The molecule has 0 saturated carbocycles.